The average molecular weight is 302 g/mol. The highest BCUT2D eigenvalue weighted by molar-refractivity contribution is 5.91. The predicted octanol–water partition coefficient (Wildman–Crippen LogP) is 2.33. The Bertz CT molecular complexity index is 654. The highest BCUT2D eigenvalue weighted by Gasteiger charge is 2.20. The number of nitrogens with zero attached hydrogens (tertiary/aromatic N) is 2. The van der Waals surface area contributed by atoms with Gasteiger partial charge in [-0.2, -0.15) is 0 Å². The SMILES string of the molecule is COc1cc2ncnc(NC3CCC(N)CC3)c2cc1OC. The Morgan fingerprint density at radius 3 is 2.41 bits per heavy atom. The van der Waals surface area contributed by atoms with Gasteiger partial charge in [0.15, 0.2) is 11.5 Å². The monoisotopic (exact) mass is 302 g/mol. The lowest BCUT2D eigenvalue weighted by atomic mass is 9.92. The highest BCUT2D eigenvalue weighted by atomic mass is 16.5. The lowest BCUT2D eigenvalue weighted by Gasteiger charge is -2.27. The number of anilines is 1. The Morgan fingerprint density at radius 1 is 1.05 bits per heavy atom. The van der Waals surface area contributed by atoms with E-state index in [1.54, 1.807) is 20.5 Å². The van der Waals surface area contributed by atoms with E-state index in [0.29, 0.717) is 23.6 Å². The molecule has 0 amide bonds. The topological polar surface area (TPSA) is 82.3 Å². The van der Waals surface area contributed by atoms with Crippen LogP contribution in [0.5, 0.6) is 11.5 Å². The van der Waals surface area contributed by atoms with Crippen LogP contribution < -0.4 is 20.5 Å². The van der Waals surface area contributed by atoms with Crippen molar-refractivity contribution >= 4 is 16.7 Å². The summed E-state index contributed by atoms with van der Waals surface area (Å²) in [5, 5.41) is 4.47. The molecule has 1 fully saturated rings. The number of nitrogens with one attached hydrogen (secondary N) is 1. The number of aromatic nitrogens is 2. The number of hydrogen-bond acceptors (Lipinski definition) is 6. The van der Waals surface area contributed by atoms with E-state index in [0.717, 1.165) is 42.4 Å². The summed E-state index contributed by atoms with van der Waals surface area (Å²) >= 11 is 0. The molecule has 1 heterocycles. The Balaban J connectivity index is 1.92. The standard InChI is InChI=1S/C16H22N4O2/c1-21-14-7-12-13(8-15(14)22-2)18-9-19-16(12)20-11-5-3-10(17)4-6-11/h7-11H,3-6,17H2,1-2H3,(H,18,19,20). The fraction of sp³-hybridized carbons (Fsp3) is 0.500. The minimum absolute atomic E-state index is 0.338. The summed E-state index contributed by atoms with van der Waals surface area (Å²) in [4.78, 5) is 8.73. The van der Waals surface area contributed by atoms with Crippen LogP contribution >= 0.6 is 0 Å². The number of rotatable bonds is 4. The van der Waals surface area contributed by atoms with Gasteiger partial charge in [-0.3, -0.25) is 0 Å². The molecule has 1 aliphatic carbocycles. The summed E-state index contributed by atoms with van der Waals surface area (Å²) in [5.41, 5.74) is 6.80. The second kappa shape index (κ2) is 6.36. The maximum Gasteiger partial charge on any atom is 0.162 e. The molecule has 22 heavy (non-hydrogen) atoms. The molecule has 0 bridgehead atoms. The minimum Gasteiger partial charge on any atom is -0.493 e. The molecule has 118 valence electrons. The van der Waals surface area contributed by atoms with Crippen LogP contribution in [0, 0.1) is 0 Å². The van der Waals surface area contributed by atoms with Crippen LogP contribution in [0.1, 0.15) is 25.7 Å². The molecule has 0 spiro atoms. The molecule has 6 nitrogen and oxygen atoms in total. The van der Waals surface area contributed by atoms with Crippen LogP contribution in [0.2, 0.25) is 0 Å². The fourth-order valence-corrected chi connectivity index (χ4v) is 2.95. The first kappa shape index (κ1) is 14.8. The van der Waals surface area contributed by atoms with Gasteiger partial charge < -0.3 is 20.5 Å². The summed E-state index contributed by atoms with van der Waals surface area (Å²) in [6.07, 6.45) is 5.82. The molecule has 1 aliphatic rings. The second-order valence-corrected chi connectivity index (χ2v) is 5.70. The molecule has 0 radical (unpaired) electrons. The van der Waals surface area contributed by atoms with Gasteiger partial charge in [-0.15, -0.1) is 0 Å². The molecular formula is C16H22N4O2. The van der Waals surface area contributed by atoms with Gasteiger partial charge in [0, 0.05) is 23.5 Å². The van der Waals surface area contributed by atoms with Gasteiger partial charge in [-0.25, -0.2) is 9.97 Å². The van der Waals surface area contributed by atoms with Gasteiger partial charge in [-0.1, -0.05) is 0 Å². The normalized spacial score (nSPS) is 21.6. The van der Waals surface area contributed by atoms with Crippen molar-refractivity contribution in [2.24, 2.45) is 5.73 Å². The lowest BCUT2D eigenvalue weighted by molar-refractivity contribution is 0.356. The van der Waals surface area contributed by atoms with Crippen molar-refractivity contribution < 1.29 is 9.47 Å². The van der Waals surface area contributed by atoms with Gasteiger partial charge in [0.2, 0.25) is 0 Å². The Labute approximate surface area is 130 Å². The van der Waals surface area contributed by atoms with E-state index < -0.39 is 0 Å². The second-order valence-electron chi connectivity index (χ2n) is 5.70. The van der Waals surface area contributed by atoms with Gasteiger partial charge in [0.25, 0.3) is 0 Å². The molecule has 1 aromatic heterocycles. The third kappa shape index (κ3) is 2.92. The summed E-state index contributed by atoms with van der Waals surface area (Å²) in [5.74, 6) is 2.19. The first-order valence-electron chi connectivity index (χ1n) is 7.60. The maximum absolute atomic E-state index is 5.97. The van der Waals surface area contributed by atoms with Crippen molar-refractivity contribution in [3.05, 3.63) is 18.5 Å². The van der Waals surface area contributed by atoms with Crippen LogP contribution in [0.4, 0.5) is 5.82 Å². The Kier molecular flexibility index (Phi) is 4.29. The smallest absolute Gasteiger partial charge is 0.162 e. The molecule has 0 saturated heterocycles. The Hall–Kier alpha value is -2.08. The number of nitrogens with two attached hydrogens (primary N) is 1. The number of methoxy groups -OCH3 is 2. The predicted molar refractivity (Wildman–Crippen MR) is 86.5 cm³/mol. The van der Waals surface area contributed by atoms with Crippen molar-refractivity contribution in [3.8, 4) is 11.5 Å². The van der Waals surface area contributed by atoms with Crippen LogP contribution in [-0.2, 0) is 0 Å². The van der Waals surface area contributed by atoms with E-state index in [2.05, 4.69) is 15.3 Å². The zero-order chi connectivity index (χ0) is 15.5. The fourth-order valence-electron chi connectivity index (χ4n) is 2.95. The first-order chi connectivity index (χ1) is 10.7. The quantitative estimate of drug-likeness (QED) is 0.902. The van der Waals surface area contributed by atoms with Gasteiger partial charge in [0.1, 0.15) is 12.1 Å². The van der Waals surface area contributed by atoms with Crippen molar-refractivity contribution in [2.45, 2.75) is 37.8 Å². The van der Waals surface area contributed by atoms with Gasteiger partial charge in [0.05, 0.1) is 19.7 Å². The van der Waals surface area contributed by atoms with E-state index in [1.165, 1.54) is 0 Å². The molecule has 1 aromatic carbocycles. The third-order valence-electron chi connectivity index (χ3n) is 4.25. The number of hydrogen-bond donors (Lipinski definition) is 2. The van der Waals surface area contributed by atoms with Crippen molar-refractivity contribution in [1.29, 1.82) is 0 Å². The van der Waals surface area contributed by atoms with Crippen LogP contribution in [0.25, 0.3) is 10.9 Å². The van der Waals surface area contributed by atoms with E-state index in [4.69, 9.17) is 15.2 Å². The number of benzene rings is 1. The number of ether oxygens (including phenoxy) is 2. The Morgan fingerprint density at radius 2 is 1.73 bits per heavy atom. The molecule has 0 aliphatic heterocycles. The average Bonchev–Trinajstić information content (AvgIpc) is 2.56. The van der Waals surface area contributed by atoms with Gasteiger partial charge in [-0.05, 0) is 31.7 Å². The molecule has 0 atom stereocenters. The first-order valence-corrected chi connectivity index (χ1v) is 7.60. The van der Waals surface area contributed by atoms with Crippen LogP contribution in [0.3, 0.4) is 0 Å². The summed E-state index contributed by atoms with van der Waals surface area (Å²) in [6, 6.07) is 4.54. The molecule has 3 rings (SSSR count). The molecule has 1 saturated carbocycles. The maximum atomic E-state index is 5.97. The van der Waals surface area contributed by atoms with Crippen LogP contribution in [0.15, 0.2) is 18.5 Å². The zero-order valence-corrected chi connectivity index (χ0v) is 13.0. The van der Waals surface area contributed by atoms with Crippen molar-refractivity contribution in [3.63, 3.8) is 0 Å². The summed E-state index contributed by atoms with van der Waals surface area (Å²) in [7, 11) is 3.25. The van der Waals surface area contributed by atoms with E-state index in [9.17, 15) is 0 Å². The lowest BCUT2D eigenvalue weighted by Crippen LogP contribution is -2.33. The molecule has 6 heteroatoms. The van der Waals surface area contributed by atoms with E-state index in [1.807, 2.05) is 12.1 Å². The van der Waals surface area contributed by atoms with Crippen molar-refractivity contribution in [1.82, 2.24) is 9.97 Å². The van der Waals surface area contributed by atoms with E-state index in [-0.39, 0.29) is 0 Å². The third-order valence-corrected chi connectivity index (χ3v) is 4.25. The van der Waals surface area contributed by atoms with Crippen LogP contribution in [-0.4, -0.2) is 36.3 Å². The largest absolute Gasteiger partial charge is 0.493 e. The zero-order valence-electron chi connectivity index (χ0n) is 13.0. The van der Waals surface area contributed by atoms with Crippen molar-refractivity contribution in [2.75, 3.05) is 19.5 Å². The molecule has 2 aromatic rings. The van der Waals surface area contributed by atoms with E-state index >= 15 is 0 Å². The molecule has 0 unspecified atom stereocenters. The summed E-state index contributed by atoms with van der Waals surface area (Å²) < 4.78 is 10.7. The highest BCUT2D eigenvalue weighted by Crippen LogP contribution is 2.34. The van der Waals surface area contributed by atoms with Gasteiger partial charge >= 0.3 is 0 Å². The molecular weight excluding hydrogens is 280 g/mol. The number of fused-ring (bicyclic) bond motifs is 1. The molecule has 3 N–H and O–H groups in total. The minimum atomic E-state index is 0.338. The summed E-state index contributed by atoms with van der Waals surface area (Å²) in [6.45, 7) is 0.